The number of aliphatic hydroxyl groups is 1. The van der Waals surface area contributed by atoms with Crippen molar-refractivity contribution in [3.8, 4) is 0 Å². The highest BCUT2D eigenvalue weighted by molar-refractivity contribution is 5.75. The molecule has 2 N–H and O–H groups in total. The molecule has 22 heavy (non-hydrogen) atoms. The summed E-state index contributed by atoms with van der Waals surface area (Å²) < 4.78 is 0. The first kappa shape index (κ1) is 21.4. The molecule has 0 saturated carbocycles. The molecule has 0 bridgehead atoms. The van der Waals surface area contributed by atoms with Crippen molar-refractivity contribution in [1.29, 1.82) is 0 Å². The van der Waals surface area contributed by atoms with Gasteiger partial charge in [0.2, 0.25) is 5.91 Å². The van der Waals surface area contributed by atoms with Gasteiger partial charge in [0, 0.05) is 6.42 Å². The fourth-order valence-electron chi connectivity index (χ4n) is 2.66. The van der Waals surface area contributed by atoms with Crippen LogP contribution in [0.15, 0.2) is 0 Å². The van der Waals surface area contributed by atoms with Gasteiger partial charge in [-0.3, -0.25) is 4.79 Å². The van der Waals surface area contributed by atoms with Gasteiger partial charge in [-0.1, -0.05) is 90.9 Å². The normalized spacial score (nSPS) is 12.3. The van der Waals surface area contributed by atoms with E-state index in [1.165, 1.54) is 70.6 Å². The molecule has 3 heteroatoms. The maximum absolute atomic E-state index is 11.4. The average molecular weight is 314 g/mol. The van der Waals surface area contributed by atoms with Crippen LogP contribution in [0, 0.1) is 0 Å². The maximum Gasteiger partial charge on any atom is 0.221 e. The Labute approximate surface area is 138 Å². The molecule has 0 aliphatic carbocycles. The predicted molar refractivity (Wildman–Crippen MR) is 94.8 cm³/mol. The number of hydrogen-bond acceptors (Lipinski definition) is 2. The van der Waals surface area contributed by atoms with Crippen molar-refractivity contribution in [3.05, 3.63) is 0 Å². The van der Waals surface area contributed by atoms with Gasteiger partial charge in [0.25, 0.3) is 0 Å². The molecule has 0 aliphatic rings. The Kier molecular flexibility index (Phi) is 16.4. The van der Waals surface area contributed by atoms with Gasteiger partial charge in [-0.25, -0.2) is 0 Å². The van der Waals surface area contributed by atoms with Crippen molar-refractivity contribution < 1.29 is 9.90 Å². The third-order valence-corrected chi connectivity index (χ3v) is 4.22. The maximum atomic E-state index is 11.4. The average Bonchev–Trinajstić information content (AvgIpc) is 2.51. The fourth-order valence-corrected chi connectivity index (χ4v) is 2.66. The molecule has 0 aromatic carbocycles. The van der Waals surface area contributed by atoms with Crippen LogP contribution in [0.2, 0.25) is 0 Å². The zero-order valence-electron chi connectivity index (χ0n) is 15.0. The molecular weight excluding hydrogens is 274 g/mol. The van der Waals surface area contributed by atoms with Gasteiger partial charge in [-0.15, -0.1) is 0 Å². The van der Waals surface area contributed by atoms with Crippen LogP contribution in [0.5, 0.6) is 0 Å². The van der Waals surface area contributed by atoms with Crippen LogP contribution in [0.1, 0.15) is 110 Å². The van der Waals surface area contributed by atoms with E-state index in [0.29, 0.717) is 12.8 Å². The first-order chi connectivity index (χ1) is 10.7. The molecule has 0 aromatic rings. The van der Waals surface area contributed by atoms with Crippen LogP contribution in [0.4, 0.5) is 0 Å². The van der Waals surface area contributed by atoms with Crippen LogP contribution >= 0.6 is 0 Å². The molecule has 132 valence electrons. The van der Waals surface area contributed by atoms with E-state index in [2.05, 4.69) is 12.2 Å². The second-order valence-corrected chi connectivity index (χ2v) is 6.48. The topological polar surface area (TPSA) is 49.3 Å². The van der Waals surface area contributed by atoms with Crippen LogP contribution < -0.4 is 5.32 Å². The van der Waals surface area contributed by atoms with E-state index in [-0.39, 0.29) is 5.91 Å². The van der Waals surface area contributed by atoms with Gasteiger partial charge in [-0.2, -0.15) is 0 Å². The van der Waals surface area contributed by atoms with Crippen molar-refractivity contribution in [2.45, 2.75) is 116 Å². The zero-order valence-corrected chi connectivity index (χ0v) is 15.0. The number of amides is 1. The molecule has 0 radical (unpaired) electrons. The number of hydrogen-bond donors (Lipinski definition) is 2. The fraction of sp³-hybridized carbons (Fsp3) is 0.947. The molecular formula is C19H39NO2. The van der Waals surface area contributed by atoms with Crippen molar-refractivity contribution in [1.82, 2.24) is 5.32 Å². The minimum atomic E-state index is -0.672. The Morgan fingerprint density at radius 3 is 1.59 bits per heavy atom. The zero-order chi connectivity index (χ0) is 16.5. The minimum Gasteiger partial charge on any atom is -0.374 e. The van der Waals surface area contributed by atoms with Gasteiger partial charge < -0.3 is 10.4 Å². The number of rotatable bonds is 16. The molecule has 0 spiro atoms. The third-order valence-electron chi connectivity index (χ3n) is 4.22. The Balaban J connectivity index is 3.12. The van der Waals surface area contributed by atoms with Gasteiger partial charge in [-0.05, 0) is 12.8 Å². The van der Waals surface area contributed by atoms with Gasteiger partial charge in [0.15, 0.2) is 0 Å². The number of carbonyl (C=O) groups is 1. The lowest BCUT2D eigenvalue weighted by molar-refractivity contribution is -0.124. The second kappa shape index (κ2) is 16.8. The molecule has 1 atom stereocenters. The molecule has 3 nitrogen and oxygen atoms in total. The summed E-state index contributed by atoms with van der Waals surface area (Å²) in [6, 6.07) is 0. The van der Waals surface area contributed by atoms with Crippen LogP contribution in [0.25, 0.3) is 0 Å². The second-order valence-electron chi connectivity index (χ2n) is 6.48. The summed E-state index contributed by atoms with van der Waals surface area (Å²) in [5.41, 5.74) is 0. The van der Waals surface area contributed by atoms with Crippen molar-refractivity contribution >= 4 is 5.91 Å². The Morgan fingerprint density at radius 2 is 1.18 bits per heavy atom. The van der Waals surface area contributed by atoms with Crippen molar-refractivity contribution in [2.75, 3.05) is 0 Å². The predicted octanol–water partition coefficient (Wildman–Crippen LogP) is 5.31. The minimum absolute atomic E-state index is 0.0163. The summed E-state index contributed by atoms with van der Waals surface area (Å²) in [6.45, 7) is 4.12. The Hall–Kier alpha value is -0.570. The quantitative estimate of drug-likeness (QED) is 0.299. The largest absolute Gasteiger partial charge is 0.374 e. The highest BCUT2D eigenvalue weighted by Gasteiger charge is 2.05. The van der Waals surface area contributed by atoms with E-state index < -0.39 is 6.23 Å². The molecule has 0 saturated heterocycles. The van der Waals surface area contributed by atoms with E-state index in [4.69, 9.17) is 0 Å². The Bertz CT molecular complexity index is 244. The molecule has 0 heterocycles. The highest BCUT2D eigenvalue weighted by Crippen LogP contribution is 2.12. The summed E-state index contributed by atoms with van der Waals surface area (Å²) in [6.07, 6.45) is 17.6. The summed E-state index contributed by atoms with van der Waals surface area (Å²) in [5, 5.41) is 11.9. The summed E-state index contributed by atoms with van der Waals surface area (Å²) >= 11 is 0. The lowest BCUT2D eigenvalue weighted by Gasteiger charge is -2.09. The molecule has 0 rings (SSSR count). The van der Waals surface area contributed by atoms with Crippen molar-refractivity contribution in [2.24, 2.45) is 0 Å². The number of aliphatic hydroxyl groups excluding tert-OH is 1. The van der Waals surface area contributed by atoms with Gasteiger partial charge in [0.1, 0.15) is 6.23 Å². The smallest absolute Gasteiger partial charge is 0.221 e. The standard InChI is InChI=1S/C19H39NO2/c1-3-5-6-7-8-9-10-11-12-13-14-15-16-17-19(22)20-18(21)4-2/h18,21H,3-17H2,1-2H3,(H,20,22). The summed E-state index contributed by atoms with van der Waals surface area (Å²) in [4.78, 5) is 11.4. The first-order valence-corrected chi connectivity index (χ1v) is 9.68. The number of carbonyl (C=O) groups excluding carboxylic acids is 1. The van der Waals surface area contributed by atoms with Gasteiger partial charge >= 0.3 is 0 Å². The van der Waals surface area contributed by atoms with Gasteiger partial charge in [0.05, 0.1) is 0 Å². The lowest BCUT2D eigenvalue weighted by Crippen LogP contribution is -2.33. The first-order valence-electron chi connectivity index (χ1n) is 9.68. The molecule has 0 fully saturated rings. The monoisotopic (exact) mass is 313 g/mol. The van der Waals surface area contributed by atoms with Crippen LogP contribution in [-0.2, 0) is 4.79 Å². The molecule has 1 amide bonds. The van der Waals surface area contributed by atoms with Crippen molar-refractivity contribution in [3.63, 3.8) is 0 Å². The number of unbranched alkanes of at least 4 members (excludes halogenated alkanes) is 12. The van der Waals surface area contributed by atoms with E-state index in [1.54, 1.807) is 0 Å². The molecule has 0 aliphatic heterocycles. The van der Waals surface area contributed by atoms with Crippen LogP contribution in [0.3, 0.4) is 0 Å². The molecule has 1 unspecified atom stereocenters. The van der Waals surface area contributed by atoms with E-state index in [9.17, 15) is 9.90 Å². The van der Waals surface area contributed by atoms with E-state index in [1.807, 2.05) is 6.92 Å². The lowest BCUT2D eigenvalue weighted by atomic mass is 10.0. The Morgan fingerprint density at radius 1 is 0.773 bits per heavy atom. The van der Waals surface area contributed by atoms with Crippen LogP contribution in [-0.4, -0.2) is 17.2 Å². The SMILES string of the molecule is CCCCCCCCCCCCCCCC(=O)NC(O)CC. The number of nitrogens with one attached hydrogen (secondary N) is 1. The molecule has 0 aromatic heterocycles. The van der Waals surface area contributed by atoms with E-state index >= 15 is 0 Å². The summed E-state index contributed by atoms with van der Waals surface area (Å²) in [5.74, 6) is -0.0163. The summed E-state index contributed by atoms with van der Waals surface area (Å²) in [7, 11) is 0. The van der Waals surface area contributed by atoms with E-state index in [0.717, 1.165) is 12.8 Å². The third kappa shape index (κ3) is 15.8. The highest BCUT2D eigenvalue weighted by atomic mass is 16.3.